The summed E-state index contributed by atoms with van der Waals surface area (Å²) in [5.74, 6) is 1.02. The average Bonchev–Trinajstić information content (AvgIpc) is 2.26. The molecule has 1 saturated heterocycles. The van der Waals surface area contributed by atoms with Gasteiger partial charge < -0.3 is 10.2 Å². The van der Waals surface area contributed by atoms with Crippen LogP contribution < -0.4 is 5.32 Å². The molecule has 1 N–H and O–H groups in total. The molecular weight excluding hydrogens is 208 g/mol. The van der Waals surface area contributed by atoms with Crippen molar-refractivity contribution in [1.29, 1.82) is 0 Å². The van der Waals surface area contributed by atoms with Crippen LogP contribution in [0, 0.1) is 5.92 Å². The van der Waals surface area contributed by atoms with Gasteiger partial charge in [-0.3, -0.25) is 0 Å². The lowest BCUT2D eigenvalue weighted by Crippen LogP contribution is -2.39. The minimum atomic E-state index is 0.272. The van der Waals surface area contributed by atoms with Crippen LogP contribution in [0.1, 0.15) is 59.8 Å². The molecular formula is C15H32N2. The Morgan fingerprint density at radius 3 is 2.35 bits per heavy atom. The first-order valence-electron chi connectivity index (χ1n) is 7.48. The van der Waals surface area contributed by atoms with E-state index in [0.29, 0.717) is 0 Å². The molecule has 102 valence electrons. The van der Waals surface area contributed by atoms with Crippen LogP contribution in [0.4, 0.5) is 0 Å². The van der Waals surface area contributed by atoms with Crippen LogP contribution in [-0.4, -0.2) is 36.6 Å². The molecule has 0 aromatic carbocycles. The van der Waals surface area contributed by atoms with Crippen molar-refractivity contribution in [3.05, 3.63) is 0 Å². The van der Waals surface area contributed by atoms with E-state index in [-0.39, 0.29) is 5.54 Å². The molecule has 0 aliphatic carbocycles. The molecule has 0 atom stereocenters. The summed E-state index contributed by atoms with van der Waals surface area (Å²) < 4.78 is 0. The summed E-state index contributed by atoms with van der Waals surface area (Å²) in [4.78, 5) is 2.65. The Bertz CT molecular complexity index is 188. The van der Waals surface area contributed by atoms with Gasteiger partial charge in [0.2, 0.25) is 0 Å². The van der Waals surface area contributed by atoms with Crippen molar-refractivity contribution in [3.8, 4) is 0 Å². The molecule has 0 radical (unpaired) electrons. The molecule has 17 heavy (non-hydrogen) atoms. The fraction of sp³-hybridized carbons (Fsp3) is 1.00. The van der Waals surface area contributed by atoms with Crippen molar-refractivity contribution < 1.29 is 0 Å². The highest BCUT2D eigenvalue weighted by Crippen LogP contribution is 2.21. The molecule has 0 aromatic heterocycles. The van der Waals surface area contributed by atoms with Crippen LogP contribution in [0.3, 0.4) is 0 Å². The van der Waals surface area contributed by atoms with Gasteiger partial charge in [-0.1, -0.05) is 19.8 Å². The maximum atomic E-state index is 3.56. The molecule has 1 aliphatic rings. The Kier molecular flexibility index (Phi) is 6.50. The van der Waals surface area contributed by atoms with E-state index < -0.39 is 0 Å². The van der Waals surface area contributed by atoms with Crippen LogP contribution >= 0.6 is 0 Å². The maximum absolute atomic E-state index is 3.56. The Labute approximate surface area is 108 Å². The fourth-order valence-electron chi connectivity index (χ4n) is 2.67. The summed E-state index contributed by atoms with van der Waals surface area (Å²) in [5.41, 5.74) is 0.272. The summed E-state index contributed by atoms with van der Waals surface area (Å²) in [6.45, 7) is 14.1. The van der Waals surface area contributed by atoms with Gasteiger partial charge in [-0.15, -0.1) is 0 Å². The molecule has 2 heteroatoms. The molecule has 0 aromatic rings. The number of likely N-dealkylation sites (tertiary alicyclic amines) is 1. The third-order valence-corrected chi connectivity index (χ3v) is 3.71. The highest BCUT2D eigenvalue weighted by atomic mass is 15.1. The van der Waals surface area contributed by atoms with E-state index in [0.717, 1.165) is 12.5 Å². The first kappa shape index (κ1) is 15.0. The molecule has 0 amide bonds. The monoisotopic (exact) mass is 240 g/mol. The molecule has 0 spiro atoms. The first-order chi connectivity index (χ1) is 8.01. The highest BCUT2D eigenvalue weighted by Gasteiger charge is 2.17. The van der Waals surface area contributed by atoms with Crippen LogP contribution in [0.5, 0.6) is 0 Å². The molecule has 1 aliphatic heterocycles. The van der Waals surface area contributed by atoms with E-state index in [1.807, 2.05) is 0 Å². The average molecular weight is 240 g/mol. The van der Waals surface area contributed by atoms with Gasteiger partial charge in [-0.05, 0) is 72.1 Å². The Hall–Kier alpha value is -0.0800. The lowest BCUT2D eigenvalue weighted by atomic mass is 9.92. The first-order valence-corrected chi connectivity index (χ1v) is 7.48. The van der Waals surface area contributed by atoms with E-state index in [2.05, 4.69) is 37.9 Å². The SMILES string of the molecule is CCCC1CCN(CCCNC(C)(C)C)CC1. The summed E-state index contributed by atoms with van der Waals surface area (Å²) in [6.07, 6.45) is 6.95. The molecule has 0 saturated carbocycles. The molecule has 0 unspecified atom stereocenters. The van der Waals surface area contributed by atoms with Crippen molar-refractivity contribution >= 4 is 0 Å². The molecule has 1 rings (SSSR count). The van der Waals surface area contributed by atoms with Gasteiger partial charge in [0.15, 0.2) is 0 Å². The van der Waals surface area contributed by atoms with Crippen molar-refractivity contribution in [1.82, 2.24) is 10.2 Å². The number of nitrogens with one attached hydrogen (secondary N) is 1. The number of hydrogen-bond donors (Lipinski definition) is 1. The molecule has 1 heterocycles. The van der Waals surface area contributed by atoms with Gasteiger partial charge >= 0.3 is 0 Å². The second kappa shape index (κ2) is 7.38. The zero-order valence-electron chi connectivity index (χ0n) is 12.4. The lowest BCUT2D eigenvalue weighted by Gasteiger charge is -2.32. The van der Waals surface area contributed by atoms with E-state index in [4.69, 9.17) is 0 Å². The van der Waals surface area contributed by atoms with Gasteiger partial charge in [0, 0.05) is 5.54 Å². The molecule has 1 fully saturated rings. The molecule has 0 bridgehead atoms. The predicted molar refractivity (Wildman–Crippen MR) is 76.4 cm³/mol. The minimum Gasteiger partial charge on any atom is -0.312 e. The largest absolute Gasteiger partial charge is 0.312 e. The van der Waals surface area contributed by atoms with Gasteiger partial charge in [0.05, 0.1) is 0 Å². The van der Waals surface area contributed by atoms with E-state index in [1.54, 1.807) is 0 Å². The summed E-state index contributed by atoms with van der Waals surface area (Å²) in [5, 5.41) is 3.56. The standard InChI is InChI=1S/C15H32N2/c1-5-7-14-8-12-17(13-9-14)11-6-10-16-15(2,3)4/h14,16H,5-13H2,1-4H3. The van der Waals surface area contributed by atoms with Crippen molar-refractivity contribution in [2.24, 2.45) is 5.92 Å². The second-order valence-electron chi connectivity index (χ2n) is 6.60. The van der Waals surface area contributed by atoms with E-state index in [9.17, 15) is 0 Å². The number of piperidine rings is 1. The Balaban J connectivity index is 2.02. The van der Waals surface area contributed by atoms with E-state index >= 15 is 0 Å². The third-order valence-electron chi connectivity index (χ3n) is 3.71. The van der Waals surface area contributed by atoms with E-state index in [1.165, 1.54) is 51.7 Å². The quantitative estimate of drug-likeness (QED) is 0.717. The third kappa shape index (κ3) is 7.05. The Morgan fingerprint density at radius 2 is 1.82 bits per heavy atom. The van der Waals surface area contributed by atoms with Gasteiger partial charge in [-0.25, -0.2) is 0 Å². The van der Waals surface area contributed by atoms with Crippen LogP contribution in [0.25, 0.3) is 0 Å². The number of nitrogens with zero attached hydrogens (tertiary/aromatic N) is 1. The zero-order valence-corrected chi connectivity index (χ0v) is 12.4. The van der Waals surface area contributed by atoms with Crippen LogP contribution in [-0.2, 0) is 0 Å². The van der Waals surface area contributed by atoms with Crippen molar-refractivity contribution in [2.75, 3.05) is 26.2 Å². The van der Waals surface area contributed by atoms with Gasteiger partial charge in [0.1, 0.15) is 0 Å². The summed E-state index contributed by atoms with van der Waals surface area (Å²) >= 11 is 0. The maximum Gasteiger partial charge on any atom is 0.00965 e. The van der Waals surface area contributed by atoms with Gasteiger partial charge in [0.25, 0.3) is 0 Å². The fourth-order valence-corrected chi connectivity index (χ4v) is 2.67. The number of hydrogen-bond acceptors (Lipinski definition) is 2. The minimum absolute atomic E-state index is 0.272. The normalized spacial score (nSPS) is 19.8. The predicted octanol–water partition coefficient (Wildman–Crippen LogP) is 3.28. The van der Waals surface area contributed by atoms with Crippen LogP contribution in [0.15, 0.2) is 0 Å². The summed E-state index contributed by atoms with van der Waals surface area (Å²) in [6, 6.07) is 0. The van der Waals surface area contributed by atoms with Crippen molar-refractivity contribution in [3.63, 3.8) is 0 Å². The molecule has 2 nitrogen and oxygen atoms in total. The Morgan fingerprint density at radius 1 is 1.18 bits per heavy atom. The topological polar surface area (TPSA) is 15.3 Å². The van der Waals surface area contributed by atoms with Crippen LogP contribution in [0.2, 0.25) is 0 Å². The smallest absolute Gasteiger partial charge is 0.00965 e. The van der Waals surface area contributed by atoms with Gasteiger partial charge in [-0.2, -0.15) is 0 Å². The number of rotatable bonds is 6. The van der Waals surface area contributed by atoms with Crippen molar-refractivity contribution in [2.45, 2.75) is 65.3 Å². The zero-order chi connectivity index (χ0) is 12.7. The summed E-state index contributed by atoms with van der Waals surface area (Å²) in [7, 11) is 0. The second-order valence-corrected chi connectivity index (χ2v) is 6.60. The lowest BCUT2D eigenvalue weighted by molar-refractivity contribution is 0.175. The highest BCUT2D eigenvalue weighted by molar-refractivity contribution is 4.74.